The highest BCUT2D eigenvalue weighted by molar-refractivity contribution is 6.44. The fraction of sp³-hybridized carbons (Fsp3) is 0.833. The van der Waals surface area contributed by atoms with Crippen LogP contribution in [0.15, 0.2) is 12.2 Å². The summed E-state index contributed by atoms with van der Waals surface area (Å²) in [4.78, 5) is 0. The van der Waals surface area contributed by atoms with Crippen molar-refractivity contribution in [3.63, 3.8) is 0 Å². The van der Waals surface area contributed by atoms with Crippen LogP contribution in [0.5, 0.6) is 0 Å². The standard InChI is InChI=1S/C12H24BNO2/c1-2-3-4-5-6-7-8-13-15-11-9-14-10-12-16-13/h4-5,14H,2-3,6-12H2,1H3/b5-4-. The molecule has 1 aliphatic heterocycles. The zero-order chi connectivity index (χ0) is 11.5. The molecule has 1 heterocycles. The second kappa shape index (κ2) is 9.88. The van der Waals surface area contributed by atoms with E-state index in [4.69, 9.17) is 9.31 Å². The van der Waals surface area contributed by atoms with Gasteiger partial charge in [-0.3, -0.25) is 0 Å². The van der Waals surface area contributed by atoms with Gasteiger partial charge in [-0.25, -0.2) is 0 Å². The quantitative estimate of drug-likeness (QED) is 0.427. The number of hydrogen-bond acceptors (Lipinski definition) is 3. The maximum absolute atomic E-state index is 5.60. The van der Waals surface area contributed by atoms with Crippen molar-refractivity contribution in [2.75, 3.05) is 26.3 Å². The molecule has 1 N–H and O–H groups in total. The molecule has 3 nitrogen and oxygen atoms in total. The minimum atomic E-state index is 0.0154. The molecule has 0 saturated carbocycles. The molecule has 0 aromatic heterocycles. The van der Waals surface area contributed by atoms with Gasteiger partial charge < -0.3 is 14.6 Å². The predicted molar refractivity (Wildman–Crippen MR) is 68.6 cm³/mol. The first-order chi connectivity index (χ1) is 7.93. The van der Waals surface area contributed by atoms with Gasteiger partial charge in [0.2, 0.25) is 0 Å². The van der Waals surface area contributed by atoms with Crippen LogP contribution in [0.25, 0.3) is 0 Å². The van der Waals surface area contributed by atoms with Gasteiger partial charge in [0.05, 0.1) is 0 Å². The van der Waals surface area contributed by atoms with Gasteiger partial charge in [0, 0.05) is 26.3 Å². The Morgan fingerprint density at radius 3 is 2.50 bits per heavy atom. The van der Waals surface area contributed by atoms with Gasteiger partial charge in [-0.2, -0.15) is 0 Å². The molecule has 0 radical (unpaired) electrons. The first-order valence-corrected chi connectivity index (χ1v) is 6.52. The molecule has 0 aliphatic carbocycles. The van der Waals surface area contributed by atoms with Crippen molar-refractivity contribution in [2.45, 2.75) is 38.9 Å². The Morgan fingerprint density at radius 2 is 1.81 bits per heavy atom. The summed E-state index contributed by atoms with van der Waals surface area (Å²) in [5, 5.41) is 3.24. The van der Waals surface area contributed by atoms with E-state index in [2.05, 4.69) is 24.4 Å². The van der Waals surface area contributed by atoms with E-state index < -0.39 is 0 Å². The molecule has 1 saturated heterocycles. The number of hydrogen-bond donors (Lipinski definition) is 1. The zero-order valence-electron chi connectivity index (χ0n) is 10.4. The third-order valence-electron chi connectivity index (χ3n) is 2.60. The highest BCUT2D eigenvalue weighted by atomic mass is 16.6. The van der Waals surface area contributed by atoms with Gasteiger partial charge in [0.15, 0.2) is 0 Å². The van der Waals surface area contributed by atoms with Gasteiger partial charge in [-0.15, -0.1) is 0 Å². The third-order valence-corrected chi connectivity index (χ3v) is 2.60. The fourth-order valence-electron chi connectivity index (χ4n) is 1.67. The molecule has 1 rings (SSSR count). The van der Waals surface area contributed by atoms with Crippen LogP contribution in [0.1, 0.15) is 32.6 Å². The monoisotopic (exact) mass is 225 g/mol. The summed E-state index contributed by atoms with van der Waals surface area (Å²) in [7, 11) is 0.0154. The lowest BCUT2D eigenvalue weighted by atomic mass is 9.82. The first-order valence-electron chi connectivity index (χ1n) is 6.52. The zero-order valence-corrected chi connectivity index (χ0v) is 10.4. The Balaban J connectivity index is 2.01. The van der Waals surface area contributed by atoms with Crippen LogP contribution in [-0.2, 0) is 9.31 Å². The molecule has 0 aromatic carbocycles. The van der Waals surface area contributed by atoms with Crippen LogP contribution in [-0.4, -0.2) is 33.4 Å². The highest BCUT2D eigenvalue weighted by Gasteiger charge is 2.18. The van der Waals surface area contributed by atoms with Gasteiger partial charge >= 0.3 is 7.12 Å². The molecule has 1 aliphatic rings. The van der Waals surface area contributed by atoms with Gasteiger partial charge in [-0.1, -0.05) is 31.9 Å². The molecular weight excluding hydrogens is 201 g/mol. The molecule has 4 heteroatoms. The Labute approximate surface area is 99.7 Å². The van der Waals surface area contributed by atoms with Crippen molar-refractivity contribution >= 4 is 7.12 Å². The fourth-order valence-corrected chi connectivity index (χ4v) is 1.67. The van der Waals surface area contributed by atoms with Crippen molar-refractivity contribution in [1.29, 1.82) is 0 Å². The van der Waals surface area contributed by atoms with Crippen molar-refractivity contribution in [1.82, 2.24) is 5.32 Å². The molecule has 0 bridgehead atoms. The van der Waals surface area contributed by atoms with E-state index in [1.54, 1.807) is 0 Å². The Bertz CT molecular complexity index is 180. The largest absolute Gasteiger partial charge is 0.456 e. The van der Waals surface area contributed by atoms with E-state index in [0.717, 1.165) is 45.5 Å². The second-order valence-electron chi connectivity index (χ2n) is 4.11. The average molecular weight is 225 g/mol. The van der Waals surface area contributed by atoms with Crippen LogP contribution in [0, 0.1) is 0 Å². The summed E-state index contributed by atoms with van der Waals surface area (Å²) in [5.74, 6) is 0. The molecular formula is C12H24BNO2. The maximum atomic E-state index is 5.60. The van der Waals surface area contributed by atoms with E-state index in [1.807, 2.05) is 0 Å². The molecule has 16 heavy (non-hydrogen) atoms. The van der Waals surface area contributed by atoms with Crippen molar-refractivity contribution in [3.05, 3.63) is 12.2 Å². The number of allylic oxidation sites excluding steroid dienone is 2. The van der Waals surface area contributed by atoms with Gasteiger partial charge in [-0.05, 0) is 19.2 Å². The molecule has 0 unspecified atom stereocenters. The minimum absolute atomic E-state index is 0.0154. The van der Waals surface area contributed by atoms with Gasteiger partial charge in [0.25, 0.3) is 0 Å². The molecule has 0 aromatic rings. The number of nitrogens with one attached hydrogen (secondary N) is 1. The molecule has 92 valence electrons. The predicted octanol–water partition coefficient (Wildman–Crippen LogP) is 2.25. The lowest BCUT2D eigenvalue weighted by Crippen LogP contribution is -2.35. The normalized spacial score (nSPS) is 18.7. The van der Waals surface area contributed by atoms with E-state index in [9.17, 15) is 0 Å². The molecule has 1 fully saturated rings. The van der Waals surface area contributed by atoms with Crippen molar-refractivity contribution < 1.29 is 9.31 Å². The first kappa shape index (κ1) is 13.7. The minimum Gasteiger partial charge on any atom is -0.410 e. The Kier molecular flexibility index (Phi) is 8.49. The van der Waals surface area contributed by atoms with E-state index >= 15 is 0 Å². The van der Waals surface area contributed by atoms with Crippen molar-refractivity contribution in [2.24, 2.45) is 0 Å². The number of rotatable bonds is 6. The smallest absolute Gasteiger partial charge is 0.410 e. The summed E-state index contributed by atoms with van der Waals surface area (Å²) in [6.07, 6.45) is 10.3. The number of unbranched alkanes of at least 4 members (excludes halogenated alkanes) is 2. The lowest BCUT2D eigenvalue weighted by Gasteiger charge is -2.18. The van der Waals surface area contributed by atoms with Crippen LogP contribution in [0.4, 0.5) is 0 Å². The average Bonchev–Trinajstić information content (AvgIpc) is 2.25. The lowest BCUT2D eigenvalue weighted by molar-refractivity contribution is 0.177. The summed E-state index contributed by atoms with van der Waals surface area (Å²) in [5.41, 5.74) is 0. The molecule has 0 atom stereocenters. The summed E-state index contributed by atoms with van der Waals surface area (Å²) < 4.78 is 11.2. The Hall–Kier alpha value is -0.315. The third kappa shape index (κ3) is 7.04. The van der Waals surface area contributed by atoms with Gasteiger partial charge in [0.1, 0.15) is 0 Å². The SMILES string of the molecule is CCC/C=C\CCCB1OCCNCCO1. The summed E-state index contributed by atoms with van der Waals surface area (Å²) in [6, 6.07) is 0. The molecule has 0 amide bonds. The maximum Gasteiger partial charge on any atom is 0.456 e. The van der Waals surface area contributed by atoms with E-state index in [-0.39, 0.29) is 7.12 Å². The van der Waals surface area contributed by atoms with Crippen LogP contribution in [0.3, 0.4) is 0 Å². The second-order valence-corrected chi connectivity index (χ2v) is 4.11. The topological polar surface area (TPSA) is 30.5 Å². The molecule has 0 spiro atoms. The Morgan fingerprint density at radius 1 is 1.12 bits per heavy atom. The van der Waals surface area contributed by atoms with Crippen LogP contribution >= 0.6 is 0 Å². The van der Waals surface area contributed by atoms with E-state index in [0.29, 0.717) is 0 Å². The van der Waals surface area contributed by atoms with Crippen LogP contribution < -0.4 is 5.32 Å². The summed E-state index contributed by atoms with van der Waals surface area (Å²) >= 11 is 0. The summed E-state index contributed by atoms with van der Waals surface area (Å²) in [6.45, 7) is 5.60. The van der Waals surface area contributed by atoms with Crippen LogP contribution in [0.2, 0.25) is 6.32 Å². The highest BCUT2D eigenvalue weighted by Crippen LogP contribution is 2.06. The van der Waals surface area contributed by atoms with Crippen molar-refractivity contribution in [3.8, 4) is 0 Å². The van der Waals surface area contributed by atoms with E-state index in [1.165, 1.54) is 12.8 Å².